The molecule has 2 heterocycles. The molecule has 0 aromatic rings. The van der Waals surface area contributed by atoms with Crippen LogP contribution in [-0.2, 0) is 4.79 Å². The molecule has 0 spiro atoms. The Morgan fingerprint density at radius 2 is 1.75 bits per heavy atom. The van der Waals surface area contributed by atoms with Crippen molar-refractivity contribution >= 4 is 5.78 Å². The minimum Gasteiger partial charge on any atom is -0.311 e. The fourth-order valence-electron chi connectivity index (χ4n) is 3.54. The topological polar surface area (TPSA) is 29.1 Å². The Hall–Kier alpha value is -0.370. The summed E-state index contributed by atoms with van der Waals surface area (Å²) in [4.78, 5) is 12.1. The quantitative estimate of drug-likeness (QED) is 0.776. The number of Topliss-reactive ketones (excluding diaryl/α,β-unsaturated/α-hetero) is 1. The van der Waals surface area contributed by atoms with Gasteiger partial charge in [0.25, 0.3) is 0 Å². The van der Waals surface area contributed by atoms with Crippen LogP contribution in [-0.4, -0.2) is 17.9 Å². The van der Waals surface area contributed by atoms with Crippen molar-refractivity contribution in [2.24, 2.45) is 11.8 Å². The van der Waals surface area contributed by atoms with E-state index < -0.39 is 0 Å². The zero-order valence-corrected chi connectivity index (χ0v) is 10.7. The molecule has 0 radical (unpaired) electrons. The van der Waals surface area contributed by atoms with Crippen molar-refractivity contribution in [3.8, 4) is 0 Å². The molecular formula is C14H25NO. The second-order valence-corrected chi connectivity index (χ2v) is 5.66. The van der Waals surface area contributed by atoms with Gasteiger partial charge in [-0.05, 0) is 44.4 Å². The average molecular weight is 223 g/mol. The van der Waals surface area contributed by atoms with E-state index in [9.17, 15) is 4.79 Å². The van der Waals surface area contributed by atoms with Crippen LogP contribution in [0.2, 0.25) is 0 Å². The van der Waals surface area contributed by atoms with Gasteiger partial charge in [0.05, 0.1) is 0 Å². The van der Waals surface area contributed by atoms with Gasteiger partial charge in [0.15, 0.2) is 0 Å². The molecule has 2 rings (SSSR count). The maximum Gasteiger partial charge on any atom is 0.136 e. The lowest BCUT2D eigenvalue weighted by Gasteiger charge is -2.29. The van der Waals surface area contributed by atoms with E-state index in [1.807, 2.05) is 0 Å². The van der Waals surface area contributed by atoms with Crippen molar-refractivity contribution in [3.05, 3.63) is 0 Å². The maximum absolute atomic E-state index is 12.1. The van der Waals surface area contributed by atoms with E-state index in [1.54, 1.807) is 0 Å². The second-order valence-electron chi connectivity index (χ2n) is 5.66. The van der Waals surface area contributed by atoms with E-state index in [0.29, 0.717) is 17.6 Å². The largest absolute Gasteiger partial charge is 0.311 e. The Morgan fingerprint density at radius 1 is 1.19 bits per heavy atom. The van der Waals surface area contributed by atoms with Crippen LogP contribution >= 0.6 is 0 Å². The monoisotopic (exact) mass is 223 g/mol. The van der Waals surface area contributed by atoms with Gasteiger partial charge in [-0.2, -0.15) is 0 Å². The molecule has 0 aromatic heterocycles. The molecule has 2 unspecified atom stereocenters. The van der Waals surface area contributed by atoms with Crippen LogP contribution in [0.25, 0.3) is 0 Å². The fourth-order valence-corrected chi connectivity index (χ4v) is 3.54. The normalized spacial score (nSPS) is 33.3. The molecule has 2 aliphatic heterocycles. The molecular weight excluding hydrogens is 198 g/mol. The summed E-state index contributed by atoms with van der Waals surface area (Å²) in [5, 5.41) is 3.64. The molecule has 2 fully saturated rings. The first-order valence-electron chi connectivity index (χ1n) is 7.01. The molecule has 16 heavy (non-hydrogen) atoms. The van der Waals surface area contributed by atoms with E-state index in [0.717, 1.165) is 31.3 Å². The number of carbonyl (C=O) groups excluding carboxylic acids is 1. The van der Waals surface area contributed by atoms with Crippen LogP contribution in [0.1, 0.15) is 58.8 Å². The van der Waals surface area contributed by atoms with Crippen LogP contribution in [0.5, 0.6) is 0 Å². The van der Waals surface area contributed by atoms with Gasteiger partial charge in [-0.25, -0.2) is 0 Å². The Bertz CT molecular complexity index is 235. The average Bonchev–Trinajstić information content (AvgIpc) is 2.60. The Kier molecular flexibility index (Phi) is 4.01. The summed E-state index contributed by atoms with van der Waals surface area (Å²) in [5.41, 5.74) is 0. The van der Waals surface area contributed by atoms with E-state index in [4.69, 9.17) is 0 Å². The lowest BCUT2D eigenvalue weighted by atomic mass is 9.84. The summed E-state index contributed by atoms with van der Waals surface area (Å²) in [6.45, 7) is 4.27. The Morgan fingerprint density at radius 3 is 2.25 bits per heavy atom. The van der Waals surface area contributed by atoms with Crippen LogP contribution < -0.4 is 5.32 Å². The summed E-state index contributed by atoms with van der Waals surface area (Å²) >= 11 is 0. The molecule has 2 nitrogen and oxygen atoms in total. The minimum absolute atomic E-state index is 0.326. The SMILES string of the molecule is CCC(CC)C(=O)CC1CC2CCC(C1)N2. The first kappa shape index (κ1) is 12.1. The Labute approximate surface area is 99.2 Å². The van der Waals surface area contributed by atoms with Crippen LogP contribution in [0.4, 0.5) is 0 Å². The zero-order chi connectivity index (χ0) is 11.5. The third-order valence-corrected chi connectivity index (χ3v) is 4.50. The highest BCUT2D eigenvalue weighted by Crippen LogP contribution is 2.33. The van der Waals surface area contributed by atoms with Gasteiger partial charge in [-0.1, -0.05) is 13.8 Å². The zero-order valence-electron chi connectivity index (χ0n) is 10.7. The summed E-state index contributed by atoms with van der Waals surface area (Å²) in [6, 6.07) is 1.44. The van der Waals surface area contributed by atoms with Crippen molar-refractivity contribution in [1.29, 1.82) is 0 Å². The van der Waals surface area contributed by atoms with Crippen molar-refractivity contribution in [2.75, 3.05) is 0 Å². The standard InChI is InChI=1S/C14H25NO/c1-3-11(4-2)14(16)9-10-7-12-5-6-13(8-10)15-12/h10-13,15H,3-9H2,1-2H3. The molecule has 0 aromatic carbocycles. The molecule has 0 aliphatic carbocycles. The summed E-state index contributed by atoms with van der Waals surface area (Å²) in [6.07, 6.45) is 8.03. The fraction of sp³-hybridized carbons (Fsp3) is 0.929. The molecule has 2 heteroatoms. The summed E-state index contributed by atoms with van der Waals surface area (Å²) in [5.74, 6) is 1.52. The molecule has 92 valence electrons. The van der Waals surface area contributed by atoms with E-state index in [2.05, 4.69) is 19.2 Å². The van der Waals surface area contributed by atoms with Gasteiger partial charge in [0.2, 0.25) is 0 Å². The molecule has 0 saturated carbocycles. The first-order valence-corrected chi connectivity index (χ1v) is 7.01. The predicted octanol–water partition coefficient (Wildman–Crippen LogP) is 2.91. The highest BCUT2D eigenvalue weighted by Gasteiger charge is 2.34. The number of piperidine rings is 1. The second kappa shape index (κ2) is 5.31. The molecule has 2 atom stereocenters. The van der Waals surface area contributed by atoms with Gasteiger partial charge in [-0.3, -0.25) is 4.79 Å². The Balaban J connectivity index is 1.83. The number of nitrogens with one attached hydrogen (secondary N) is 1. The maximum atomic E-state index is 12.1. The number of fused-ring (bicyclic) bond motifs is 2. The van der Waals surface area contributed by atoms with Gasteiger partial charge >= 0.3 is 0 Å². The molecule has 2 aliphatic rings. The van der Waals surface area contributed by atoms with E-state index in [-0.39, 0.29) is 0 Å². The number of hydrogen-bond donors (Lipinski definition) is 1. The summed E-state index contributed by atoms with van der Waals surface area (Å²) in [7, 11) is 0. The van der Waals surface area contributed by atoms with Crippen molar-refractivity contribution in [3.63, 3.8) is 0 Å². The summed E-state index contributed by atoms with van der Waals surface area (Å²) < 4.78 is 0. The van der Waals surface area contributed by atoms with Gasteiger partial charge < -0.3 is 5.32 Å². The molecule has 2 bridgehead atoms. The smallest absolute Gasteiger partial charge is 0.136 e. The number of rotatable bonds is 5. The minimum atomic E-state index is 0.326. The molecule has 1 N–H and O–H groups in total. The number of ketones is 1. The molecule has 0 amide bonds. The number of hydrogen-bond acceptors (Lipinski definition) is 2. The van der Waals surface area contributed by atoms with Crippen molar-refractivity contribution in [2.45, 2.75) is 70.9 Å². The van der Waals surface area contributed by atoms with Crippen LogP contribution in [0, 0.1) is 11.8 Å². The van der Waals surface area contributed by atoms with Gasteiger partial charge in [0.1, 0.15) is 5.78 Å². The predicted molar refractivity (Wildman–Crippen MR) is 66.4 cm³/mol. The van der Waals surface area contributed by atoms with Crippen molar-refractivity contribution in [1.82, 2.24) is 5.32 Å². The van der Waals surface area contributed by atoms with Crippen LogP contribution in [0.15, 0.2) is 0 Å². The lowest BCUT2D eigenvalue weighted by Crippen LogP contribution is -2.39. The molecule has 2 saturated heterocycles. The third-order valence-electron chi connectivity index (χ3n) is 4.50. The highest BCUT2D eigenvalue weighted by atomic mass is 16.1. The number of carbonyl (C=O) groups is 1. The highest BCUT2D eigenvalue weighted by molar-refractivity contribution is 5.81. The van der Waals surface area contributed by atoms with Gasteiger partial charge in [0, 0.05) is 24.4 Å². The first-order chi connectivity index (χ1) is 7.72. The lowest BCUT2D eigenvalue weighted by molar-refractivity contribution is -0.124. The van der Waals surface area contributed by atoms with E-state index in [1.165, 1.54) is 25.7 Å². The third kappa shape index (κ3) is 2.65. The van der Waals surface area contributed by atoms with Crippen molar-refractivity contribution < 1.29 is 4.79 Å². The van der Waals surface area contributed by atoms with Crippen LogP contribution in [0.3, 0.4) is 0 Å². The van der Waals surface area contributed by atoms with E-state index >= 15 is 0 Å². The van der Waals surface area contributed by atoms with Gasteiger partial charge in [-0.15, -0.1) is 0 Å².